The Labute approximate surface area is 291 Å². The predicted molar refractivity (Wildman–Crippen MR) is 205 cm³/mol. The summed E-state index contributed by atoms with van der Waals surface area (Å²) in [6.07, 6.45) is 35.0. The van der Waals surface area contributed by atoms with Gasteiger partial charge in [-0.25, -0.2) is 0 Å². The van der Waals surface area contributed by atoms with Crippen LogP contribution in [0.1, 0.15) is 96.1 Å². The van der Waals surface area contributed by atoms with Crippen molar-refractivity contribution in [3.63, 3.8) is 0 Å². The van der Waals surface area contributed by atoms with Crippen LogP contribution in [0.25, 0.3) is 0 Å². The van der Waals surface area contributed by atoms with Crippen LogP contribution in [0.5, 0.6) is 5.75 Å². The number of benzene rings is 1. The summed E-state index contributed by atoms with van der Waals surface area (Å²) in [6, 6.07) is 6.22. The second kappa shape index (κ2) is 27.8. The molecule has 0 unspecified atom stereocenters. The summed E-state index contributed by atoms with van der Waals surface area (Å²) in [5.74, 6) is 2.74. The molecule has 260 valence electrons. The van der Waals surface area contributed by atoms with Crippen molar-refractivity contribution in [3.05, 3.63) is 102 Å². The summed E-state index contributed by atoms with van der Waals surface area (Å²) >= 11 is 1.74. The lowest BCUT2D eigenvalue weighted by Gasteiger charge is -2.23. The summed E-state index contributed by atoms with van der Waals surface area (Å²) in [6.45, 7) is 12.1. The zero-order valence-electron chi connectivity index (χ0n) is 29.9. The first-order valence-corrected chi connectivity index (χ1v) is 18.6. The molecule has 1 aromatic carbocycles. The fourth-order valence-electron chi connectivity index (χ4n) is 4.46. The Kier molecular flexibility index (Phi) is 24.7. The number of thioether (sulfide) groups is 1. The molecule has 0 bridgehead atoms. The first kappa shape index (κ1) is 41.8. The summed E-state index contributed by atoms with van der Waals surface area (Å²) in [5.41, 5.74) is 1.88. The van der Waals surface area contributed by atoms with E-state index in [0.29, 0.717) is 26.1 Å². The van der Waals surface area contributed by atoms with E-state index >= 15 is 0 Å². The molecule has 5 nitrogen and oxygen atoms in total. The minimum atomic E-state index is -0.438. The van der Waals surface area contributed by atoms with E-state index in [2.05, 4.69) is 116 Å². The van der Waals surface area contributed by atoms with Gasteiger partial charge >= 0.3 is 0 Å². The SMILES string of the molecule is CCC=CCC=CCC=CCC=CCC=CCC=CCCC(=O)NCCSCCNC(=O)C(C)(C)CCCOc1cc(C)ccc1C. The first-order valence-electron chi connectivity index (χ1n) is 17.5. The molecule has 0 spiro atoms. The van der Waals surface area contributed by atoms with E-state index in [-0.39, 0.29) is 11.8 Å². The number of ether oxygens (including phenoxy) is 1. The summed E-state index contributed by atoms with van der Waals surface area (Å²) < 4.78 is 5.94. The molecule has 0 saturated heterocycles. The van der Waals surface area contributed by atoms with Gasteiger partial charge in [0.15, 0.2) is 0 Å². The van der Waals surface area contributed by atoms with E-state index in [0.717, 1.165) is 80.6 Å². The van der Waals surface area contributed by atoms with Gasteiger partial charge < -0.3 is 15.4 Å². The van der Waals surface area contributed by atoms with Gasteiger partial charge in [-0.05, 0) is 88.8 Å². The van der Waals surface area contributed by atoms with E-state index in [1.807, 2.05) is 20.8 Å². The maximum atomic E-state index is 12.7. The van der Waals surface area contributed by atoms with Crippen LogP contribution in [0.15, 0.2) is 91.1 Å². The molecule has 0 atom stereocenters. The van der Waals surface area contributed by atoms with Crippen molar-refractivity contribution in [2.75, 3.05) is 31.2 Å². The molecule has 0 aliphatic rings. The molecule has 1 rings (SSSR count). The Morgan fingerprint density at radius 3 is 1.87 bits per heavy atom. The maximum Gasteiger partial charge on any atom is 0.225 e. The van der Waals surface area contributed by atoms with E-state index < -0.39 is 5.41 Å². The number of allylic oxidation sites excluding steroid dienone is 12. The zero-order chi connectivity index (χ0) is 34.4. The molecule has 0 saturated carbocycles. The molecule has 0 heterocycles. The number of amides is 2. The first-order chi connectivity index (χ1) is 22.8. The third kappa shape index (κ3) is 23.7. The molecule has 1 aromatic rings. The molecule has 2 N–H and O–H groups in total. The van der Waals surface area contributed by atoms with E-state index in [9.17, 15) is 9.59 Å². The molecular weight excluding hydrogens is 601 g/mol. The van der Waals surface area contributed by atoms with Crippen molar-refractivity contribution in [2.45, 2.75) is 98.8 Å². The number of rotatable bonds is 26. The smallest absolute Gasteiger partial charge is 0.225 e. The van der Waals surface area contributed by atoms with Crippen molar-refractivity contribution in [1.29, 1.82) is 0 Å². The third-order valence-corrected chi connectivity index (χ3v) is 8.38. The molecule has 0 aliphatic carbocycles. The topological polar surface area (TPSA) is 67.4 Å². The number of hydrogen-bond donors (Lipinski definition) is 2. The average Bonchev–Trinajstić information content (AvgIpc) is 3.05. The van der Waals surface area contributed by atoms with Crippen molar-refractivity contribution in [2.24, 2.45) is 5.41 Å². The largest absolute Gasteiger partial charge is 0.493 e. The number of carbonyl (C=O) groups excluding carboxylic acids is 2. The standard InChI is InChI=1S/C41H62N2O3S/c1-6-7-8-9-10-11-12-13-14-15-16-17-18-19-20-21-22-23-24-26-39(44)42-30-33-47-34-31-43-40(45)41(4,5)29-25-32-46-38-35-36(2)27-28-37(38)3/h7-8,10-11,13-14,16-17,19-20,22-23,27-28,35H,6,9,12,15,18,21,24-26,29-34H2,1-5H3,(H,42,44)(H,43,45). The highest BCUT2D eigenvalue weighted by Gasteiger charge is 2.26. The van der Waals surface area contributed by atoms with Crippen LogP contribution in [-0.2, 0) is 9.59 Å². The van der Waals surface area contributed by atoms with E-state index in [4.69, 9.17) is 4.74 Å². The number of nitrogens with one attached hydrogen (secondary N) is 2. The minimum absolute atomic E-state index is 0.0764. The van der Waals surface area contributed by atoms with Crippen molar-refractivity contribution in [1.82, 2.24) is 10.6 Å². The van der Waals surface area contributed by atoms with Crippen LogP contribution in [0, 0.1) is 19.3 Å². The predicted octanol–water partition coefficient (Wildman–Crippen LogP) is 9.93. The molecule has 0 radical (unpaired) electrons. The fraction of sp³-hybridized carbons (Fsp3) is 0.512. The van der Waals surface area contributed by atoms with Gasteiger partial charge in [0.05, 0.1) is 6.61 Å². The molecule has 0 aliphatic heterocycles. The Hall–Kier alpha value is -3.25. The van der Waals surface area contributed by atoms with Crippen LogP contribution in [0.4, 0.5) is 0 Å². The average molecular weight is 663 g/mol. The van der Waals surface area contributed by atoms with Crippen molar-refractivity contribution >= 4 is 23.6 Å². The van der Waals surface area contributed by atoms with Crippen molar-refractivity contribution < 1.29 is 14.3 Å². The lowest BCUT2D eigenvalue weighted by Crippen LogP contribution is -2.38. The summed E-state index contributed by atoms with van der Waals surface area (Å²) in [5, 5.41) is 6.05. The minimum Gasteiger partial charge on any atom is -0.493 e. The number of carbonyl (C=O) groups is 2. The normalized spacial score (nSPS) is 12.5. The van der Waals surface area contributed by atoms with Gasteiger partial charge in [0.1, 0.15) is 5.75 Å². The number of aryl methyl sites for hydroxylation is 2. The van der Waals surface area contributed by atoms with Gasteiger partial charge in [-0.1, -0.05) is 106 Å². The maximum absolute atomic E-state index is 12.7. The van der Waals surface area contributed by atoms with E-state index in [1.54, 1.807) is 11.8 Å². The Morgan fingerprint density at radius 2 is 1.30 bits per heavy atom. The lowest BCUT2D eigenvalue weighted by atomic mass is 9.87. The van der Waals surface area contributed by atoms with Crippen LogP contribution >= 0.6 is 11.8 Å². The van der Waals surface area contributed by atoms with Gasteiger partial charge in [-0.15, -0.1) is 0 Å². The van der Waals surface area contributed by atoms with Gasteiger partial charge in [-0.3, -0.25) is 9.59 Å². The van der Waals surface area contributed by atoms with Crippen molar-refractivity contribution in [3.8, 4) is 5.75 Å². The second-order valence-corrected chi connectivity index (χ2v) is 13.5. The molecule has 47 heavy (non-hydrogen) atoms. The van der Waals surface area contributed by atoms with Gasteiger partial charge in [0.25, 0.3) is 0 Å². The Morgan fingerprint density at radius 1 is 0.766 bits per heavy atom. The highest BCUT2D eigenvalue weighted by atomic mass is 32.2. The summed E-state index contributed by atoms with van der Waals surface area (Å²) in [4.78, 5) is 24.8. The van der Waals surface area contributed by atoms with Crippen LogP contribution in [0.2, 0.25) is 0 Å². The van der Waals surface area contributed by atoms with Crippen LogP contribution in [-0.4, -0.2) is 43.0 Å². The second-order valence-electron chi connectivity index (χ2n) is 12.3. The number of hydrogen-bond acceptors (Lipinski definition) is 4. The molecular formula is C41H62N2O3S. The highest BCUT2D eigenvalue weighted by molar-refractivity contribution is 7.99. The monoisotopic (exact) mass is 662 g/mol. The zero-order valence-corrected chi connectivity index (χ0v) is 30.7. The van der Waals surface area contributed by atoms with E-state index in [1.165, 1.54) is 5.56 Å². The van der Waals surface area contributed by atoms with Crippen LogP contribution < -0.4 is 15.4 Å². The van der Waals surface area contributed by atoms with Crippen LogP contribution in [0.3, 0.4) is 0 Å². The molecule has 0 aromatic heterocycles. The lowest BCUT2D eigenvalue weighted by molar-refractivity contribution is -0.129. The fourth-order valence-corrected chi connectivity index (χ4v) is 5.15. The van der Waals surface area contributed by atoms with Gasteiger partial charge in [0, 0.05) is 36.4 Å². The Balaban J connectivity index is 1.99. The van der Waals surface area contributed by atoms with Gasteiger partial charge in [0.2, 0.25) is 11.8 Å². The van der Waals surface area contributed by atoms with Gasteiger partial charge in [-0.2, -0.15) is 11.8 Å². The third-order valence-electron chi connectivity index (χ3n) is 7.40. The Bertz CT molecular complexity index is 1180. The summed E-state index contributed by atoms with van der Waals surface area (Å²) in [7, 11) is 0. The molecule has 2 amide bonds. The molecule has 0 fully saturated rings. The quantitative estimate of drug-likeness (QED) is 0.0766. The highest BCUT2D eigenvalue weighted by Crippen LogP contribution is 2.24. The molecule has 6 heteroatoms.